The summed E-state index contributed by atoms with van der Waals surface area (Å²) in [4.78, 5) is 12.8. The lowest BCUT2D eigenvalue weighted by atomic mass is 10.2. The van der Waals surface area contributed by atoms with Gasteiger partial charge in [-0.1, -0.05) is 0 Å². The molecule has 0 aliphatic heterocycles. The van der Waals surface area contributed by atoms with Gasteiger partial charge in [-0.3, -0.25) is 0 Å². The van der Waals surface area contributed by atoms with Crippen molar-refractivity contribution in [2.24, 2.45) is 0 Å². The Labute approximate surface area is 93.3 Å². The van der Waals surface area contributed by atoms with Crippen LogP contribution in [0.5, 0.6) is 0 Å². The van der Waals surface area contributed by atoms with Crippen molar-refractivity contribution >= 4 is 29.1 Å². The zero-order valence-corrected chi connectivity index (χ0v) is 10.6. The fourth-order valence-electron chi connectivity index (χ4n) is 0.603. The van der Waals surface area contributed by atoms with Gasteiger partial charge in [-0.15, -0.1) is 0 Å². The predicted octanol–water partition coefficient (Wildman–Crippen LogP) is 2.22. The molecule has 0 atom stereocenters. The maximum absolute atomic E-state index is 11.3. The van der Waals surface area contributed by atoms with Gasteiger partial charge in [-0.2, -0.15) is 0 Å². The van der Waals surface area contributed by atoms with Crippen LogP contribution < -0.4 is 0 Å². The van der Waals surface area contributed by atoms with Crippen LogP contribution in [0.1, 0.15) is 20.8 Å². The molecule has 0 aliphatic rings. The molecule has 0 unspecified atom stereocenters. The number of halogens is 1. The Morgan fingerprint density at radius 3 is 2.38 bits per heavy atom. The van der Waals surface area contributed by atoms with Crippen LogP contribution in [0.3, 0.4) is 0 Å². The Balaban J connectivity index is 3.83. The minimum atomic E-state index is -0.434. The molecule has 0 N–H and O–H groups in total. The Hall–Kier alpha value is -0.0400. The molecule has 0 saturated heterocycles. The van der Waals surface area contributed by atoms with E-state index in [2.05, 4.69) is 0 Å². The van der Waals surface area contributed by atoms with E-state index in [9.17, 15) is 4.79 Å². The monoisotopic (exact) mass is 301 g/mol. The first kappa shape index (κ1) is 13.0. The van der Waals surface area contributed by atoms with Crippen molar-refractivity contribution in [2.75, 3.05) is 20.2 Å². The Kier molecular flexibility index (Phi) is 5.62. The number of hydrogen-bond donors (Lipinski definition) is 0. The summed E-state index contributed by atoms with van der Waals surface area (Å²) in [6, 6.07) is 0. The van der Waals surface area contributed by atoms with Crippen molar-refractivity contribution in [1.82, 2.24) is 4.90 Å². The number of hydrogen-bond acceptors (Lipinski definition) is 3. The lowest BCUT2D eigenvalue weighted by Gasteiger charge is -2.24. The van der Waals surface area contributed by atoms with E-state index in [0.29, 0.717) is 13.2 Å². The molecule has 4 nitrogen and oxygen atoms in total. The molecule has 0 radical (unpaired) electrons. The van der Waals surface area contributed by atoms with E-state index in [1.54, 1.807) is 30.1 Å². The zero-order chi connectivity index (χ0) is 10.5. The summed E-state index contributed by atoms with van der Waals surface area (Å²) < 4.78 is 9.94. The normalized spacial score (nSPS) is 11.2. The maximum Gasteiger partial charge on any atom is 0.410 e. The highest BCUT2D eigenvalue weighted by Crippen LogP contribution is 2.08. The maximum atomic E-state index is 11.3. The van der Waals surface area contributed by atoms with Gasteiger partial charge in [0.05, 0.1) is 6.61 Å². The van der Waals surface area contributed by atoms with E-state index in [-0.39, 0.29) is 6.09 Å². The molecule has 0 spiro atoms. The largest absolute Gasteiger partial charge is 0.444 e. The second kappa shape index (κ2) is 5.64. The standard InChI is InChI=1S/C8H16INO3/c1-8(2,3)13-7(11)10(4)5-6-12-9/h5-6H2,1-4H3. The van der Waals surface area contributed by atoms with Crippen LogP contribution in [-0.2, 0) is 7.80 Å². The molecule has 0 bridgehead atoms. The molecule has 0 aromatic carbocycles. The Bertz CT molecular complexity index is 167. The minimum absolute atomic E-state index is 0.319. The number of nitrogens with zero attached hydrogens (tertiary/aromatic N) is 1. The highest BCUT2D eigenvalue weighted by molar-refractivity contribution is 14.1. The van der Waals surface area contributed by atoms with Crippen LogP contribution in [0.15, 0.2) is 0 Å². The van der Waals surface area contributed by atoms with Crippen LogP contribution in [0, 0.1) is 0 Å². The zero-order valence-electron chi connectivity index (χ0n) is 8.46. The number of rotatable bonds is 3. The van der Waals surface area contributed by atoms with Crippen molar-refractivity contribution in [1.29, 1.82) is 0 Å². The first-order valence-electron chi connectivity index (χ1n) is 4.04. The van der Waals surface area contributed by atoms with Crippen molar-refractivity contribution < 1.29 is 12.6 Å². The van der Waals surface area contributed by atoms with E-state index in [4.69, 9.17) is 7.80 Å². The Morgan fingerprint density at radius 1 is 1.46 bits per heavy atom. The summed E-state index contributed by atoms with van der Waals surface area (Å²) in [5.41, 5.74) is -0.434. The van der Waals surface area contributed by atoms with E-state index < -0.39 is 5.60 Å². The second-order valence-corrected chi connectivity index (χ2v) is 4.34. The highest BCUT2D eigenvalue weighted by atomic mass is 127. The number of ether oxygens (including phenoxy) is 1. The van der Waals surface area contributed by atoms with Crippen molar-refractivity contribution in [3.63, 3.8) is 0 Å². The molecule has 0 rings (SSSR count). The highest BCUT2D eigenvalue weighted by Gasteiger charge is 2.18. The van der Waals surface area contributed by atoms with E-state index in [1.165, 1.54) is 4.90 Å². The van der Waals surface area contributed by atoms with E-state index in [1.807, 2.05) is 20.8 Å². The molecule has 13 heavy (non-hydrogen) atoms. The lowest BCUT2D eigenvalue weighted by Crippen LogP contribution is -2.35. The van der Waals surface area contributed by atoms with Crippen LogP contribution >= 0.6 is 23.0 Å². The number of carbonyl (C=O) groups excluding carboxylic acids is 1. The van der Waals surface area contributed by atoms with Crippen molar-refractivity contribution in [2.45, 2.75) is 26.4 Å². The third-order valence-corrected chi connectivity index (χ3v) is 1.65. The summed E-state index contributed by atoms with van der Waals surface area (Å²) in [6.07, 6.45) is -0.319. The molecule has 0 heterocycles. The summed E-state index contributed by atoms with van der Waals surface area (Å²) in [6.45, 7) is 6.57. The molecule has 0 aromatic heterocycles. The summed E-state index contributed by atoms with van der Waals surface area (Å²) in [5, 5.41) is 0. The van der Waals surface area contributed by atoms with Crippen LogP contribution in [0.25, 0.3) is 0 Å². The third-order valence-electron chi connectivity index (χ3n) is 1.21. The number of likely N-dealkylation sites (N-methyl/N-ethyl adjacent to an activating group) is 1. The summed E-state index contributed by atoms with van der Waals surface area (Å²) >= 11 is 1.79. The van der Waals surface area contributed by atoms with Crippen molar-refractivity contribution in [3.05, 3.63) is 0 Å². The number of carbonyl (C=O) groups is 1. The predicted molar refractivity (Wildman–Crippen MR) is 58.8 cm³/mol. The number of amides is 1. The summed E-state index contributed by atoms with van der Waals surface area (Å²) in [5.74, 6) is 0. The van der Waals surface area contributed by atoms with Gasteiger partial charge in [0, 0.05) is 13.6 Å². The SMILES string of the molecule is CN(CCOI)C(=O)OC(C)(C)C. The molecular weight excluding hydrogens is 285 g/mol. The van der Waals surface area contributed by atoms with Crippen LogP contribution in [-0.4, -0.2) is 36.8 Å². The van der Waals surface area contributed by atoms with E-state index >= 15 is 0 Å². The topological polar surface area (TPSA) is 38.8 Å². The van der Waals surface area contributed by atoms with Gasteiger partial charge in [0.25, 0.3) is 0 Å². The molecule has 0 aromatic rings. The fraction of sp³-hybridized carbons (Fsp3) is 0.875. The smallest absolute Gasteiger partial charge is 0.410 e. The molecule has 5 heteroatoms. The van der Waals surface area contributed by atoms with Crippen LogP contribution in [0.4, 0.5) is 4.79 Å². The van der Waals surface area contributed by atoms with Crippen LogP contribution in [0.2, 0.25) is 0 Å². The summed E-state index contributed by atoms with van der Waals surface area (Å²) in [7, 11) is 1.68. The fourth-order valence-corrected chi connectivity index (χ4v) is 0.800. The van der Waals surface area contributed by atoms with E-state index in [0.717, 1.165) is 0 Å². The Morgan fingerprint density at radius 2 is 2.00 bits per heavy atom. The molecule has 78 valence electrons. The lowest BCUT2D eigenvalue weighted by molar-refractivity contribution is 0.0286. The van der Waals surface area contributed by atoms with Gasteiger partial charge < -0.3 is 12.7 Å². The molecule has 1 amide bonds. The first-order valence-corrected chi connectivity index (χ1v) is 4.92. The van der Waals surface area contributed by atoms with Gasteiger partial charge in [0.2, 0.25) is 0 Å². The first-order chi connectivity index (χ1) is 5.87. The average Bonchev–Trinajstić information content (AvgIpc) is 1.96. The van der Waals surface area contributed by atoms with Gasteiger partial charge >= 0.3 is 6.09 Å². The van der Waals surface area contributed by atoms with Gasteiger partial charge in [0.1, 0.15) is 28.6 Å². The third kappa shape index (κ3) is 7.06. The molecule has 0 fully saturated rings. The molecule has 0 saturated carbocycles. The van der Waals surface area contributed by atoms with Gasteiger partial charge in [-0.25, -0.2) is 4.79 Å². The molecular formula is C8H16INO3. The molecule has 0 aliphatic carbocycles. The minimum Gasteiger partial charge on any atom is -0.444 e. The second-order valence-electron chi connectivity index (χ2n) is 3.72. The van der Waals surface area contributed by atoms with Gasteiger partial charge in [-0.05, 0) is 20.8 Å². The van der Waals surface area contributed by atoms with Gasteiger partial charge in [0.15, 0.2) is 0 Å². The average molecular weight is 301 g/mol. The quantitative estimate of drug-likeness (QED) is 0.750. The van der Waals surface area contributed by atoms with Crippen molar-refractivity contribution in [3.8, 4) is 0 Å².